The summed E-state index contributed by atoms with van der Waals surface area (Å²) >= 11 is 7.51. The number of thioether (sulfide) groups is 1. The molecule has 0 fully saturated rings. The second-order valence-electron chi connectivity index (χ2n) is 5.54. The van der Waals surface area contributed by atoms with E-state index in [9.17, 15) is 4.79 Å². The predicted octanol–water partition coefficient (Wildman–Crippen LogP) is 4.90. The third-order valence-electron chi connectivity index (χ3n) is 3.71. The number of ketones is 1. The number of carbonyl (C=O) groups is 1. The monoisotopic (exact) mass is 360 g/mol. The number of hydrogen-bond acceptors (Lipinski definition) is 4. The summed E-state index contributed by atoms with van der Waals surface area (Å²) in [4.78, 5) is 20.4. The lowest BCUT2D eigenvalue weighted by molar-refractivity contribution is 0.0994. The van der Waals surface area contributed by atoms with Gasteiger partial charge < -0.3 is 9.72 Å². The van der Waals surface area contributed by atoms with Crippen LogP contribution in [0.25, 0.3) is 11.0 Å². The zero-order chi connectivity index (χ0) is 17.3. The van der Waals surface area contributed by atoms with E-state index >= 15 is 0 Å². The van der Waals surface area contributed by atoms with Crippen LogP contribution < -0.4 is 4.74 Å². The van der Waals surface area contributed by atoms with Gasteiger partial charge in [0, 0.05) is 5.56 Å². The van der Waals surface area contributed by atoms with Crippen LogP contribution in [-0.2, 0) is 0 Å². The molecule has 0 bridgehead atoms. The highest BCUT2D eigenvalue weighted by Gasteiger charge is 2.19. The van der Waals surface area contributed by atoms with E-state index in [1.165, 1.54) is 17.3 Å². The summed E-state index contributed by atoms with van der Waals surface area (Å²) < 4.78 is 5.12. The Kier molecular flexibility index (Phi) is 4.83. The molecule has 1 aromatic heterocycles. The Bertz CT molecular complexity index is 907. The minimum atomic E-state index is -0.281. The van der Waals surface area contributed by atoms with Gasteiger partial charge in [0.15, 0.2) is 10.9 Å². The molecule has 124 valence electrons. The zero-order valence-electron chi connectivity index (χ0n) is 13.6. The van der Waals surface area contributed by atoms with Gasteiger partial charge in [0.2, 0.25) is 0 Å². The molecule has 0 aliphatic carbocycles. The summed E-state index contributed by atoms with van der Waals surface area (Å²) in [7, 11) is 1.55. The van der Waals surface area contributed by atoms with E-state index in [1.54, 1.807) is 25.3 Å². The maximum atomic E-state index is 12.6. The molecule has 1 heterocycles. The van der Waals surface area contributed by atoms with Gasteiger partial charge in [0.1, 0.15) is 5.75 Å². The molecule has 4 nitrogen and oxygen atoms in total. The molecule has 3 aromatic rings. The fourth-order valence-corrected chi connectivity index (χ4v) is 3.59. The van der Waals surface area contributed by atoms with Gasteiger partial charge >= 0.3 is 0 Å². The van der Waals surface area contributed by atoms with Crippen LogP contribution in [0.3, 0.4) is 0 Å². The summed E-state index contributed by atoms with van der Waals surface area (Å²) in [6.07, 6.45) is 0. The molecular weight excluding hydrogens is 344 g/mol. The van der Waals surface area contributed by atoms with E-state index in [1.807, 2.05) is 32.0 Å². The van der Waals surface area contributed by atoms with E-state index in [-0.39, 0.29) is 11.0 Å². The molecule has 0 amide bonds. The number of ether oxygens (including phenoxy) is 1. The minimum Gasteiger partial charge on any atom is -0.495 e. The summed E-state index contributed by atoms with van der Waals surface area (Å²) in [5.74, 6) is 0.558. The molecule has 3 rings (SSSR count). The van der Waals surface area contributed by atoms with Gasteiger partial charge in [-0.1, -0.05) is 29.4 Å². The molecule has 24 heavy (non-hydrogen) atoms. The third-order valence-corrected chi connectivity index (χ3v) is 4.99. The standard InChI is InChI=1S/C18H17ClN2O2S/c1-10-4-6-14-15(8-10)21-18(20-14)24-11(2)17(22)12-5-7-16(23-3)13(19)9-12/h4-9,11H,1-3H3,(H,20,21). The van der Waals surface area contributed by atoms with Crippen molar-refractivity contribution in [1.29, 1.82) is 0 Å². The Hall–Kier alpha value is -1.98. The van der Waals surface area contributed by atoms with E-state index in [4.69, 9.17) is 16.3 Å². The quantitative estimate of drug-likeness (QED) is 0.519. The van der Waals surface area contributed by atoms with Crippen LogP contribution in [-0.4, -0.2) is 28.1 Å². The SMILES string of the molecule is COc1ccc(C(=O)C(C)Sc2nc3ccc(C)cc3[nH]2)cc1Cl. The Labute approximate surface area is 149 Å². The molecule has 0 saturated heterocycles. The lowest BCUT2D eigenvalue weighted by Crippen LogP contribution is -2.13. The first-order valence-electron chi connectivity index (χ1n) is 7.48. The Balaban J connectivity index is 1.78. The summed E-state index contributed by atoms with van der Waals surface area (Å²) in [6.45, 7) is 3.90. The number of nitrogens with one attached hydrogen (secondary N) is 1. The molecule has 0 radical (unpaired) electrons. The number of carbonyl (C=O) groups excluding carboxylic acids is 1. The second-order valence-corrected chi connectivity index (χ2v) is 7.27. The van der Waals surface area contributed by atoms with E-state index in [0.29, 0.717) is 16.3 Å². The van der Waals surface area contributed by atoms with Crippen molar-refractivity contribution in [3.63, 3.8) is 0 Å². The fourth-order valence-electron chi connectivity index (χ4n) is 2.43. The lowest BCUT2D eigenvalue weighted by atomic mass is 10.1. The molecule has 1 unspecified atom stereocenters. The van der Waals surface area contributed by atoms with Gasteiger partial charge in [0.05, 0.1) is 28.4 Å². The van der Waals surface area contributed by atoms with Crippen LogP contribution in [0.5, 0.6) is 5.75 Å². The maximum Gasteiger partial charge on any atom is 0.176 e. The number of nitrogens with zero attached hydrogens (tertiary/aromatic N) is 1. The summed E-state index contributed by atoms with van der Waals surface area (Å²) in [5, 5.41) is 0.881. The predicted molar refractivity (Wildman–Crippen MR) is 98.5 cm³/mol. The number of rotatable bonds is 5. The van der Waals surface area contributed by atoms with Crippen LogP contribution in [0, 0.1) is 6.92 Å². The van der Waals surface area contributed by atoms with E-state index < -0.39 is 0 Å². The number of aromatic amines is 1. The summed E-state index contributed by atoms with van der Waals surface area (Å²) in [6, 6.07) is 11.1. The lowest BCUT2D eigenvalue weighted by Gasteiger charge is -2.10. The van der Waals surface area contributed by atoms with Crippen LogP contribution in [0.15, 0.2) is 41.6 Å². The molecule has 0 spiro atoms. The highest BCUT2D eigenvalue weighted by atomic mass is 35.5. The van der Waals surface area contributed by atoms with Gasteiger partial charge in [-0.05, 0) is 49.7 Å². The van der Waals surface area contributed by atoms with Crippen molar-refractivity contribution in [3.8, 4) is 5.75 Å². The van der Waals surface area contributed by atoms with E-state index in [0.717, 1.165) is 16.2 Å². The molecule has 1 N–H and O–H groups in total. The topological polar surface area (TPSA) is 55.0 Å². The first kappa shape index (κ1) is 16.9. The molecule has 0 saturated carbocycles. The average molecular weight is 361 g/mol. The number of fused-ring (bicyclic) bond motifs is 1. The van der Waals surface area contributed by atoms with Gasteiger partial charge in [-0.3, -0.25) is 4.79 Å². The minimum absolute atomic E-state index is 0.00110. The first-order valence-corrected chi connectivity index (χ1v) is 8.74. The molecule has 0 aliphatic heterocycles. The first-order chi connectivity index (χ1) is 11.5. The molecule has 0 aliphatic rings. The van der Waals surface area contributed by atoms with Crippen molar-refractivity contribution in [2.24, 2.45) is 0 Å². The van der Waals surface area contributed by atoms with Gasteiger partial charge in [0.25, 0.3) is 0 Å². The smallest absolute Gasteiger partial charge is 0.176 e. The highest BCUT2D eigenvalue weighted by molar-refractivity contribution is 8.00. The van der Waals surface area contributed by atoms with E-state index in [2.05, 4.69) is 9.97 Å². The van der Waals surface area contributed by atoms with Crippen molar-refractivity contribution in [2.45, 2.75) is 24.3 Å². The Morgan fingerprint density at radius 2 is 2.08 bits per heavy atom. The zero-order valence-corrected chi connectivity index (χ0v) is 15.2. The largest absolute Gasteiger partial charge is 0.495 e. The number of aryl methyl sites for hydroxylation is 1. The normalized spacial score (nSPS) is 12.3. The van der Waals surface area contributed by atoms with Crippen molar-refractivity contribution >= 4 is 40.2 Å². The maximum absolute atomic E-state index is 12.6. The molecule has 6 heteroatoms. The van der Waals surface area contributed by atoms with Gasteiger partial charge in [-0.15, -0.1) is 0 Å². The van der Waals surface area contributed by atoms with Gasteiger partial charge in [-0.25, -0.2) is 4.98 Å². The molecule has 1 atom stereocenters. The number of imidazole rings is 1. The van der Waals surface area contributed by atoms with Crippen molar-refractivity contribution in [2.75, 3.05) is 7.11 Å². The summed E-state index contributed by atoms with van der Waals surface area (Å²) in [5.41, 5.74) is 3.60. The van der Waals surface area contributed by atoms with Crippen molar-refractivity contribution in [1.82, 2.24) is 9.97 Å². The number of hydrogen-bond donors (Lipinski definition) is 1. The number of Topliss-reactive ketones (excluding diaryl/α,β-unsaturated/α-hetero) is 1. The Morgan fingerprint density at radius 1 is 1.29 bits per heavy atom. The van der Waals surface area contributed by atoms with Crippen LogP contribution in [0.4, 0.5) is 0 Å². The number of aromatic nitrogens is 2. The Morgan fingerprint density at radius 3 is 2.79 bits per heavy atom. The number of halogens is 1. The van der Waals surface area contributed by atoms with Crippen LogP contribution in [0.1, 0.15) is 22.8 Å². The fraction of sp³-hybridized carbons (Fsp3) is 0.222. The molecule has 2 aromatic carbocycles. The number of benzene rings is 2. The highest BCUT2D eigenvalue weighted by Crippen LogP contribution is 2.29. The van der Waals surface area contributed by atoms with Crippen molar-refractivity contribution < 1.29 is 9.53 Å². The third kappa shape index (κ3) is 3.42. The van der Waals surface area contributed by atoms with Crippen LogP contribution in [0.2, 0.25) is 5.02 Å². The number of methoxy groups -OCH3 is 1. The van der Waals surface area contributed by atoms with Gasteiger partial charge in [-0.2, -0.15) is 0 Å². The average Bonchev–Trinajstić information content (AvgIpc) is 2.95. The second kappa shape index (κ2) is 6.87. The van der Waals surface area contributed by atoms with Crippen molar-refractivity contribution in [3.05, 3.63) is 52.5 Å². The number of H-pyrrole nitrogens is 1. The van der Waals surface area contributed by atoms with Crippen LogP contribution >= 0.6 is 23.4 Å². The molecular formula is C18H17ClN2O2S.